The number of hydrogen-bond acceptors (Lipinski definition) is 7. The Morgan fingerprint density at radius 2 is 2.14 bits per heavy atom. The van der Waals surface area contributed by atoms with Crippen molar-refractivity contribution in [2.45, 2.75) is 18.8 Å². The second-order valence-corrected chi connectivity index (χ2v) is 5.90. The Morgan fingerprint density at radius 1 is 1.29 bits per heavy atom. The van der Waals surface area contributed by atoms with Crippen molar-refractivity contribution in [1.82, 2.24) is 24.8 Å². The Balaban J connectivity index is 1.77. The second-order valence-electron chi connectivity index (χ2n) is 4.94. The van der Waals surface area contributed by atoms with Crippen LogP contribution in [0.5, 0.6) is 5.75 Å². The van der Waals surface area contributed by atoms with Crippen LogP contribution in [0, 0.1) is 0 Å². The molecule has 7 nitrogen and oxygen atoms in total. The fourth-order valence-corrected chi connectivity index (χ4v) is 3.40. The van der Waals surface area contributed by atoms with E-state index >= 15 is 0 Å². The van der Waals surface area contributed by atoms with E-state index in [0.717, 1.165) is 36.8 Å². The third-order valence-electron chi connectivity index (χ3n) is 3.63. The molecule has 1 aliphatic heterocycles. The number of pyridine rings is 1. The first kappa shape index (κ1) is 12.7. The maximum absolute atomic E-state index is 9.89. The molecule has 0 amide bonds. The Bertz CT molecular complexity index is 778. The monoisotopic (exact) mass is 303 g/mol. The van der Waals surface area contributed by atoms with E-state index in [1.54, 1.807) is 16.8 Å². The number of fused-ring (bicyclic) bond motifs is 1. The summed E-state index contributed by atoms with van der Waals surface area (Å²) in [6.07, 6.45) is 4.93. The Hall–Kier alpha value is -2.06. The van der Waals surface area contributed by atoms with E-state index in [0.29, 0.717) is 16.5 Å². The van der Waals surface area contributed by atoms with Crippen molar-refractivity contribution in [2.75, 3.05) is 13.2 Å². The van der Waals surface area contributed by atoms with Crippen LogP contribution < -0.4 is 0 Å². The molecule has 1 fully saturated rings. The van der Waals surface area contributed by atoms with Crippen LogP contribution in [0.2, 0.25) is 0 Å². The summed E-state index contributed by atoms with van der Waals surface area (Å²) in [6.45, 7) is 1.50. The van der Waals surface area contributed by atoms with Crippen molar-refractivity contribution in [2.24, 2.45) is 0 Å². The predicted molar refractivity (Wildman–Crippen MR) is 76.3 cm³/mol. The van der Waals surface area contributed by atoms with Gasteiger partial charge < -0.3 is 9.84 Å². The molecule has 0 aromatic carbocycles. The molecule has 3 aromatic heterocycles. The van der Waals surface area contributed by atoms with Gasteiger partial charge >= 0.3 is 0 Å². The highest BCUT2D eigenvalue weighted by Gasteiger charge is 2.23. The van der Waals surface area contributed by atoms with Crippen molar-refractivity contribution < 1.29 is 9.84 Å². The van der Waals surface area contributed by atoms with E-state index in [4.69, 9.17) is 4.74 Å². The summed E-state index contributed by atoms with van der Waals surface area (Å²) in [4.78, 5) is 4.62. The zero-order valence-corrected chi connectivity index (χ0v) is 12.0. The van der Waals surface area contributed by atoms with Crippen molar-refractivity contribution in [1.29, 1.82) is 0 Å². The average Bonchev–Trinajstić information content (AvgIpc) is 3.08. The van der Waals surface area contributed by atoms with Gasteiger partial charge in [0.2, 0.25) is 4.96 Å². The van der Waals surface area contributed by atoms with E-state index in [-0.39, 0.29) is 5.75 Å². The van der Waals surface area contributed by atoms with E-state index < -0.39 is 0 Å². The maximum Gasteiger partial charge on any atom is 0.234 e. The Labute approximate surface area is 124 Å². The zero-order valence-electron chi connectivity index (χ0n) is 11.1. The number of hydrogen-bond donors (Lipinski definition) is 1. The van der Waals surface area contributed by atoms with Crippen LogP contribution >= 0.6 is 11.3 Å². The quantitative estimate of drug-likeness (QED) is 0.777. The van der Waals surface area contributed by atoms with Gasteiger partial charge in [0.1, 0.15) is 5.75 Å². The molecule has 21 heavy (non-hydrogen) atoms. The third kappa shape index (κ3) is 2.16. The Kier molecular flexibility index (Phi) is 3.04. The number of aromatic nitrogens is 5. The van der Waals surface area contributed by atoms with Crippen LogP contribution in [0.3, 0.4) is 0 Å². The predicted octanol–water partition coefficient (Wildman–Crippen LogP) is 1.85. The van der Waals surface area contributed by atoms with Crippen LogP contribution in [-0.4, -0.2) is 43.1 Å². The molecule has 1 saturated heterocycles. The minimum Gasteiger partial charge on any atom is -0.506 e. The molecule has 0 radical (unpaired) electrons. The molecular formula is C13H13N5O2S. The van der Waals surface area contributed by atoms with Gasteiger partial charge in [-0.25, -0.2) is 0 Å². The molecule has 108 valence electrons. The average molecular weight is 303 g/mol. The summed E-state index contributed by atoms with van der Waals surface area (Å²) >= 11 is 1.41. The zero-order chi connectivity index (χ0) is 14.2. The highest BCUT2D eigenvalue weighted by molar-refractivity contribution is 7.19. The fourth-order valence-electron chi connectivity index (χ4n) is 2.52. The first-order valence-electron chi connectivity index (χ1n) is 6.76. The van der Waals surface area contributed by atoms with Crippen LogP contribution in [0.1, 0.15) is 24.6 Å². The summed E-state index contributed by atoms with van der Waals surface area (Å²) in [5.74, 6) is 1.33. The summed E-state index contributed by atoms with van der Waals surface area (Å²) in [6, 6.07) is 1.75. The minimum absolute atomic E-state index is 0.120. The van der Waals surface area contributed by atoms with E-state index in [1.165, 1.54) is 17.5 Å². The van der Waals surface area contributed by atoms with Gasteiger partial charge in [0.15, 0.2) is 10.8 Å². The summed E-state index contributed by atoms with van der Waals surface area (Å²) in [5, 5.41) is 23.6. The molecule has 0 spiro atoms. The normalized spacial score (nSPS) is 16.6. The fraction of sp³-hybridized carbons (Fsp3) is 0.385. The SMILES string of the molecule is Oc1cnccc1-c1nn2c(C3CCOCC3)nnc2s1. The highest BCUT2D eigenvalue weighted by atomic mass is 32.1. The van der Waals surface area contributed by atoms with Gasteiger partial charge in [0.05, 0.1) is 11.8 Å². The molecule has 0 aliphatic carbocycles. The summed E-state index contributed by atoms with van der Waals surface area (Å²) in [5.41, 5.74) is 0.665. The van der Waals surface area contributed by atoms with Gasteiger partial charge in [-0.3, -0.25) is 4.98 Å². The van der Waals surface area contributed by atoms with Crippen LogP contribution in [-0.2, 0) is 4.74 Å². The first-order valence-corrected chi connectivity index (χ1v) is 7.58. The van der Waals surface area contributed by atoms with E-state index in [9.17, 15) is 5.11 Å². The molecule has 0 bridgehead atoms. The minimum atomic E-state index is 0.120. The van der Waals surface area contributed by atoms with Gasteiger partial charge in [-0.1, -0.05) is 11.3 Å². The molecule has 8 heteroatoms. The molecule has 4 heterocycles. The number of ether oxygens (including phenoxy) is 1. The molecule has 1 aliphatic rings. The van der Waals surface area contributed by atoms with Crippen LogP contribution in [0.15, 0.2) is 18.5 Å². The van der Waals surface area contributed by atoms with Gasteiger partial charge in [-0.05, 0) is 18.9 Å². The van der Waals surface area contributed by atoms with Crippen LogP contribution in [0.25, 0.3) is 15.5 Å². The number of rotatable bonds is 2. The van der Waals surface area contributed by atoms with Gasteiger partial charge in [-0.2, -0.15) is 9.61 Å². The largest absolute Gasteiger partial charge is 0.506 e. The smallest absolute Gasteiger partial charge is 0.234 e. The molecule has 1 N–H and O–H groups in total. The third-order valence-corrected chi connectivity index (χ3v) is 4.56. The van der Waals surface area contributed by atoms with Gasteiger partial charge in [-0.15, -0.1) is 10.2 Å². The van der Waals surface area contributed by atoms with Crippen molar-refractivity contribution in [3.63, 3.8) is 0 Å². The second kappa shape index (κ2) is 5.05. The standard InChI is InChI=1S/C13H13N5O2S/c19-10-7-14-4-1-9(10)12-17-18-11(15-16-13(18)21-12)8-2-5-20-6-3-8/h1,4,7-8,19H,2-3,5-6H2. The van der Waals surface area contributed by atoms with Crippen molar-refractivity contribution in [3.05, 3.63) is 24.3 Å². The number of nitrogens with zero attached hydrogens (tertiary/aromatic N) is 5. The van der Waals surface area contributed by atoms with Gasteiger partial charge in [0.25, 0.3) is 0 Å². The molecule has 0 unspecified atom stereocenters. The lowest BCUT2D eigenvalue weighted by molar-refractivity contribution is 0.0832. The topological polar surface area (TPSA) is 85.4 Å². The first-order chi connectivity index (χ1) is 10.3. The van der Waals surface area contributed by atoms with E-state index in [1.807, 2.05) is 0 Å². The highest BCUT2D eigenvalue weighted by Crippen LogP contribution is 2.33. The summed E-state index contributed by atoms with van der Waals surface area (Å²) in [7, 11) is 0. The molecule has 3 aromatic rings. The molecule has 0 atom stereocenters. The Morgan fingerprint density at radius 3 is 2.95 bits per heavy atom. The molecular weight excluding hydrogens is 290 g/mol. The maximum atomic E-state index is 9.89. The molecule has 4 rings (SSSR count). The van der Waals surface area contributed by atoms with Crippen molar-refractivity contribution >= 4 is 16.3 Å². The lowest BCUT2D eigenvalue weighted by Crippen LogP contribution is -2.16. The lowest BCUT2D eigenvalue weighted by Gasteiger charge is -2.19. The van der Waals surface area contributed by atoms with Crippen LogP contribution in [0.4, 0.5) is 0 Å². The van der Waals surface area contributed by atoms with Gasteiger partial charge in [0, 0.05) is 25.3 Å². The molecule has 0 saturated carbocycles. The van der Waals surface area contributed by atoms with E-state index in [2.05, 4.69) is 20.3 Å². The van der Waals surface area contributed by atoms with Crippen molar-refractivity contribution in [3.8, 4) is 16.3 Å². The number of aromatic hydroxyl groups is 1. The summed E-state index contributed by atoms with van der Waals surface area (Å²) < 4.78 is 7.17. The lowest BCUT2D eigenvalue weighted by atomic mass is 10.00.